The molecular formula is C7H9ClN2O3S. The first-order valence-electron chi connectivity index (χ1n) is 3.65. The Morgan fingerprint density at radius 3 is 2.50 bits per heavy atom. The molecule has 1 aromatic carbocycles. The lowest BCUT2D eigenvalue weighted by Crippen LogP contribution is -2.10. The van der Waals surface area contributed by atoms with Gasteiger partial charge in [0.1, 0.15) is 0 Å². The van der Waals surface area contributed by atoms with Gasteiger partial charge in [-0.3, -0.25) is 4.55 Å². The maximum Gasteiger partial charge on any atom is 0.294 e. The van der Waals surface area contributed by atoms with E-state index in [0.29, 0.717) is 11.3 Å². The van der Waals surface area contributed by atoms with Crippen LogP contribution in [-0.2, 0) is 10.1 Å². The van der Waals surface area contributed by atoms with Crippen LogP contribution in [0.5, 0.6) is 0 Å². The molecule has 0 spiro atoms. The van der Waals surface area contributed by atoms with Crippen molar-refractivity contribution in [1.29, 1.82) is 0 Å². The molecule has 0 heterocycles. The van der Waals surface area contributed by atoms with Gasteiger partial charge in [-0.15, -0.1) is 4.94 Å². The van der Waals surface area contributed by atoms with Crippen LogP contribution < -0.4 is 10.4 Å². The van der Waals surface area contributed by atoms with E-state index in [9.17, 15) is 8.42 Å². The number of aryl methyl sites for hydroxylation is 1. The second-order valence-corrected chi connectivity index (χ2v) is 4.28. The molecule has 0 aliphatic carbocycles. The first-order chi connectivity index (χ1) is 6.45. The second-order valence-electron chi connectivity index (χ2n) is 2.67. The third-order valence-electron chi connectivity index (χ3n) is 1.68. The Balaban J connectivity index is 3.13. The third-order valence-corrected chi connectivity index (χ3v) is 2.62. The topological polar surface area (TPSA) is 78.4 Å². The Morgan fingerprint density at radius 1 is 1.43 bits per heavy atom. The van der Waals surface area contributed by atoms with Gasteiger partial charge in [0, 0.05) is 0 Å². The quantitative estimate of drug-likeness (QED) is 0.419. The highest BCUT2D eigenvalue weighted by molar-refractivity contribution is 7.85. The highest BCUT2D eigenvalue weighted by atomic mass is 35.5. The van der Waals surface area contributed by atoms with E-state index in [1.165, 1.54) is 18.2 Å². The summed E-state index contributed by atoms with van der Waals surface area (Å²) in [5, 5.41) is 0. The molecule has 0 unspecified atom stereocenters. The van der Waals surface area contributed by atoms with Crippen molar-refractivity contribution < 1.29 is 13.0 Å². The monoisotopic (exact) mass is 236 g/mol. The summed E-state index contributed by atoms with van der Waals surface area (Å²) in [4.78, 5) is 2.05. The molecule has 5 nitrogen and oxygen atoms in total. The van der Waals surface area contributed by atoms with E-state index in [2.05, 4.69) is 10.4 Å². The van der Waals surface area contributed by atoms with Crippen LogP contribution in [0.15, 0.2) is 23.1 Å². The van der Waals surface area contributed by atoms with Gasteiger partial charge in [0.05, 0.1) is 10.6 Å². The third kappa shape index (κ3) is 2.58. The van der Waals surface area contributed by atoms with Crippen molar-refractivity contribution in [2.24, 2.45) is 0 Å². The number of hydrogen-bond donors (Lipinski definition) is 3. The maximum absolute atomic E-state index is 10.7. The molecule has 0 atom stereocenters. The van der Waals surface area contributed by atoms with Gasteiger partial charge in [0.15, 0.2) is 0 Å². The lowest BCUT2D eigenvalue weighted by Gasteiger charge is -2.07. The number of hydrogen-bond acceptors (Lipinski definition) is 4. The molecular weight excluding hydrogens is 228 g/mol. The van der Waals surface area contributed by atoms with Crippen molar-refractivity contribution in [3.05, 3.63) is 23.8 Å². The van der Waals surface area contributed by atoms with Crippen LogP contribution >= 0.6 is 11.8 Å². The Kier molecular flexibility index (Phi) is 3.33. The van der Waals surface area contributed by atoms with E-state index >= 15 is 0 Å². The van der Waals surface area contributed by atoms with E-state index in [-0.39, 0.29) is 4.90 Å². The fraction of sp³-hybridized carbons (Fsp3) is 0.143. The standard InChI is InChI=1S/C7H9ClN2O3S/c1-5-4-6(14(11,12)13)2-3-7(5)9-10-8/h2-4,9-10H,1H3,(H,11,12,13). The molecule has 14 heavy (non-hydrogen) atoms. The van der Waals surface area contributed by atoms with E-state index in [1.807, 2.05) is 0 Å². The summed E-state index contributed by atoms with van der Waals surface area (Å²) in [5.41, 5.74) is 3.87. The number of benzene rings is 1. The molecule has 0 amide bonds. The molecule has 0 aliphatic rings. The predicted octanol–water partition coefficient (Wildman–Crippen LogP) is 1.31. The number of hydrazine groups is 1. The Labute approximate surface area is 86.9 Å². The highest BCUT2D eigenvalue weighted by Crippen LogP contribution is 2.18. The van der Waals surface area contributed by atoms with Crippen LogP contribution in [0, 0.1) is 6.92 Å². The normalized spacial score (nSPS) is 11.4. The van der Waals surface area contributed by atoms with Gasteiger partial charge in [0.2, 0.25) is 0 Å². The van der Waals surface area contributed by atoms with Crippen LogP contribution in [0.3, 0.4) is 0 Å². The molecule has 1 rings (SSSR count). The molecule has 0 aliphatic heterocycles. The second kappa shape index (κ2) is 4.14. The zero-order valence-electron chi connectivity index (χ0n) is 7.28. The first-order valence-corrected chi connectivity index (χ1v) is 5.47. The summed E-state index contributed by atoms with van der Waals surface area (Å²) in [7, 11) is -4.14. The van der Waals surface area contributed by atoms with Crippen molar-refractivity contribution in [1.82, 2.24) is 4.94 Å². The number of halogens is 1. The number of rotatable bonds is 3. The van der Waals surface area contributed by atoms with Gasteiger partial charge in [0.25, 0.3) is 10.1 Å². The zero-order chi connectivity index (χ0) is 10.8. The molecule has 0 aromatic heterocycles. The van der Waals surface area contributed by atoms with Gasteiger partial charge >= 0.3 is 0 Å². The van der Waals surface area contributed by atoms with Crippen LogP contribution in [0.1, 0.15) is 5.56 Å². The molecule has 7 heteroatoms. The van der Waals surface area contributed by atoms with Crippen molar-refractivity contribution in [2.45, 2.75) is 11.8 Å². The Morgan fingerprint density at radius 2 is 2.07 bits per heavy atom. The molecule has 0 saturated heterocycles. The summed E-state index contributed by atoms with van der Waals surface area (Å²) in [6.45, 7) is 1.69. The molecule has 3 N–H and O–H groups in total. The molecule has 0 fully saturated rings. The fourth-order valence-corrected chi connectivity index (χ4v) is 1.66. The first kappa shape index (κ1) is 11.3. The average Bonchev–Trinajstić information content (AvgIpc) is 2.07. The molecule has 1 aromatic rings. The lowest BCUT2D eigenvalue weighted by molar-refractivity contribution is 0.483. The minimum atomic E-state index is -4.14. The van der Waals surface area contributed by atoms with Gasteiger partial charge in [-0.05, 0) is 42.5 Å². The predicted molar refractivity (Wildman–Crippen MR) is 53.6 cm³/mol. The minimum absolute atomic E-state index is 0.143. The van der Waals surface area contributed by atoms with E-state index in [1.54, 1.807) is 6.92 Å². The molecule has 0 bridgehead atoms. The largest absolute Gasteiger partial charge is 0.307 e. The van der Waals surface area contributed by atoms with Gasteiger partial charge < -0.3 is 5.43 Å². The molecule has 78 valence electrons. The van der Waals surface area contributed by atoms with E-state index in [4.69, 9.17) is 16.3 Å². The van der Waals surface area contributed by atoms with Gasteiger partial charge in [-0.2, -0.15) is 8.42 Å². The van der Waals surface area contributed by atoms with Crippen molar-refractivity contribution in [2.75, 3.05) is 5.43 Å². The lowest BCUT2D eigenvalue weighted by atomic mass is 10.2. The van der Waals surface area contributed by atoms with Crippen LogP contribution in [0.25, 0.3) is 0 Å². The average molecular weight is 237 g/mol. The molecule has 0 saturated carbocycles. The van der Waals surface area contributed by atoms with Gasteiger partial charge in [-0.25, -0.2) is 0 Å². The minimum Gasteiger partial charge on any atom is -0.307 e. The fourth-order valence-electron chi connectivity index (χ4n) is 0.988. The maximum atomic E-state index is 10.7. The SMILES string of the molecule is Cc1cc(S(=O)(=O)O)ccc1NNCl. The van der Waals surface area contributed by atoms with Crippen LogP contribution in [0.4, 0.5) is 5.69 Å². The smallest absolute Gasteiger partial charge is 0.294 e. The number of nitrogens with one attached hydrogen (secondary N) is 2. The Hall–Kier alpha value is -0.820. The summed E-state index contributed by atoms with van der Waals surface area (Å²) in [5.74, 6) is 0. The summed E-state index contributed by atoms with van der Waals surface area (Å²) < 4.78 is 30.2. The van der Waals surface area contributed by atoms with Gasteiger partial charge in [-0.1, -0.05) is 0 Å². The zero-order valence-corrected chi connectivity index (χ0v) is 8.85. The van der Waals surface area contributed by atoms with Crippen molar-refractivity contribution in [3.8, 4) is 0 Å². The molecule has 0 radical (unpaired) electrons. The Bertz CT molecular complexity index is 433. The summed E-state index contributed by atoms with van der Waals surface area (Å²) in [6, 6.07) is 4.11. The number of anilines is 1. The van der Waals surface area contributed by atoms with Crippen molar-refractivity contribution >= 4 is 27.6 Å². The van der Waals surface area contributed by atoms with E-state index in [0.717, 1.165) is 0 Å². The van der Waals surface area contributed by atoms with E-state index < -0.39 is 10.1 Å². The summed E-state index contributed by atoms with van der Waals surface area (Å²) >= 11 is 5.21. The summed E-state index contributed by atoms with van der Waals surface area (Å²) in [6.07, 6.45) is 0. The van der Waals surface area contributed by atoms with Crippen molar-refractivity contribution in [3.63, 3.8) is 0 Å². The van der Waals surface area contributed by atoms with Crippen LogP contribution in [0.2, 0.25) is 0 Å². The van der Waals surface area contributed by atoms with Crippen LogP contribution in [-0.4, -0.2) is 13.0 Å². The highest BCUT2D eigenvalue weighted by Gasteiger charge is 2.10.